The zero-order valence-corrected chi connectivity index (χ0v) is 21.9. The Labute approximate surface area is 210 Å². The van der Waals surface area contributed by atoms with Crippen LogP contribution >= 0.6 is 31.9 Å². The highest BCUT2D eigenvalue weighted by Crippen LogP contribution is 2.25. The molecular weight excluding hydrogens is 520 g/mol. The van der Waals surface area contributed by atoms with Gasteiger partial charge in [-0.1, -0.05) is 74.6 Å². The SMILES string of the molecule is CCCCc1ccc(C#Cc2cc(Br)c(C#Cc3ccc(CCCC)cc3)cc2Br)cc1. The van der Waals surface area contributed by atoms with Crippen LogP contribution in [0.15, 0.2) is 69.6 Å². The summed E-state index contributed by atoms with van der Waals surface area (Å²) in [5.74, 6) is 13.1. The highest BCUT2D eigenvalue weighted by atomic mass is 79.9. The first-order chi connectivity index (χ1) is 15.6. The summed E-state index contributed by atoms with van der Waals surface area (Å²) >= 11 is 7.33. The van der Waals surface area contributed by atoms with E-state index in [1.807, 2.05) is 12.1 Å². The molecule has 0 amide bonds. The van der Waals surface area contributed by atoms with E-state index in [1.165, 1.54) is 36.8 Å². The van der Waals surface area contributed by atoms with Crippen molar-refractivity contribution in [2.75, 3.05) is 0 Å². The predicted molar refractivity (Wildman–Crippen MR) is 144 cm³/mol. The Bertz CT molecular complexity index is 1050. The average molecular weight is 548 g/mol. The van der Waals surface area contributed by atoms with Gasteiger partial charge in [0.15, 0.2) is 0 Å². The summed E-state index contributed by atoms with van der Waals surface area (Å²) in [5.41, 5.74) is 6.69. The van der Waals surface area contributed by atoms with Crippen LogP contribution < -0.4 is 0 Å². The van der Waals surface area contributed by atoms with Crippen LogP contribution in [0.25, 0.3) is 0 Å². The van der Waals surface area contributed by atoms with Crippen LogP contribution in [0.1, 0.15) is 72.9 Å². The minimum Gasteiger partial charge on any atom is -0.0654 e. The average Bonchev–Trinajstić information content (AvgIpc) is 2.82. The van der Waals surface area contributed by atoms with Crippen LogP contribution in [-0.4, -0.2) is 0 Å². The van der Waals surface area contributed by atoms with Crippen LogP contribution in [0.4, 0.5) is 0 Å². The van der Waals surface area contributed by atoms with E-state index in [2.05, 4.69) is 118 Å². The smallest absolute Gasteiger partial charge is 0.0403 e. The van der Waals surface area contributed by atoms with Crippen LogP contribution in [-0.2, 0) is 12.8 Å². The second-order valence-corrected chi connectivity index (χ2v) is 9.62. The first-order valence-corrected chi connectivity index (χ1v) is 12.9. The summed E-state index contributed by atoms with van der Waals surface area (Å²) in [7, 11) is 0. The van der Waals surface area contributed by atoms with Crippen LogP contribution in [0.2, 0.25) is 0 Å². The summed E-state index contributed by atoms with van der Waals surface area (Å²) in [6.07, 6.45) is 7.16. The van der Waals surface area contributed by atoms with Crippen molar-refractivity contribution in [1.82, 2.24) is 0 Å². The third kappa shape index (κ3) is 7.41. The molecule has 3 aromatic rings. The van der Waals surface area contributed by atoms with Gasteiger partial charge >= 0.3 is 0 Å². The molecule has 0 nitrogen and oxygen atoms in total. The lowest BCUT2D eigenvalue weighted by Gasteiger charge is -2.02. The topological polar surface area (TPSA) is 0 Å². The molecular formula is C30H28Br2. The molecule has 0 aromatic heterocycles. The van der Waals surface area contributed by atoms with Crippen molar-refractivity contribution >= 4 is 31.9 Å². The van der Waals surface area contributed by atoms with Crippen molar-refractivity contribution in [3.8, 4) is 23.7 Å². The highest BCUT2D eigenvalue weighted by molar-refractivity contribution is 9.11. The zero-order valence-electron chi connectivity index (χ0n) is 18.8. The van der Waals surface area contributed by atoms with E-state index >= 15 is 0 Å². The number of hydrogen-bond acceptors (Lipinski definition) is 0. The Morgan fingerprint density at radius 2 is 0.938 bits per heavy atom. The fourth-order valence-electron chi connectivity index (χ4n) is 3.29. The molecule has 0 spiro atoms. The molecule has 0 fully saturated rings. The van der Waals surface area contributed by atoms with Gasteiger partial charge in [0.1, 0.15) is 0 Å². The maximum Gasteiger partial charge on any atom is 0.0403 e. The van der Waals surface area contributed by atoms with Crippen molar-refractivity contribution in [2.45, 2.75) is 52.4 Å². The number of aryl methyl sites for hydroxylation is 2. The van der Waals surface area contributed by atoms with Gasteiger partial charge in [0.05, 0.1) is 0 Å². The van der Waals surface area contributed by atoms with Crippen LogP contribution in [0.5, 0.6) is 0 Å². The van der Waals surface area contributed by atoms with Crippen molar-refractivity contribution < 1.29 is 0 Å². The number of unbranched alkanes of at least 4 members (excludes halogenated alkanes) is 2. The first kappa shape index (κ1) is 24.4. The number of hydrogen-bond donors (Lipinski definition) is 0. The van der Waals surface area contributed by atoms with Gasteiger partial charge in [-0.15, -0.1) is 0 Å². The second kappa shape index (κ2) is 12.7. The first-order valence-electron chi connectivity index (χ1n) is 11.3. The molecule has 0 aliphatic carbocycles. The molecule has 0 unspecified atom stereocenters. The minimum atomic E-state index is 0.942. The lowest BCUT2D eigenvalue weighted by atomic mass is 10.1. The quantitative estimate of drug-likeness (QED) is 0.271. The maximum atomic E-state index is 3.66. The highest BCUT2D eigenvalue weighted by Gasteiger charge is 2.04. The second-order valence-electron chi connectivity index (χ2n) is 7.91. The van der Waals surface area contributed by atoms with E-state index in [4.69, 9.17) is 0 Å². The fraction of sp³-hybridized carbons (Fsp3) is 0.267. The van der Waals surface area contributed by atoms with Crippen molar-refractivity contribution in [2.24, 2.45) is 0 Å². The molecule has 0 aliphatic rings. The Morgan fingerprint density at radius 1 is 0.562 bits per heavy atom. The molecule has 0 radical (unpaired) electrons. The van der Waals surface area contributed by atoms with Gasteiger partial charge in [-0.3, -0.25) is 0 Å². The van der Waals surface area contributed by atoms with Gasteiger partial charge in [0.2, 0.25) is 0 Å². The molecule has 3 rings (SSSR count). The summed E-state index contributed by atoms with van der Waals surface area (Å²) in [5, 5.41) is 0. The largest absolute Gasteiger partial charge is 0.0654 e. The van der Waals surface area contributed by atoms with E-state index < -0.39 is 0 Å². The third-order valence-electron chi connectivity index (χ3n) is 5.29. The lowest BCUT2D eigenvalue weighted by molar-refractivity contribution is 0.795. The van der Waals surface area contributed by atoms with Crippen molar-refractivity contribution in [1.29, 1.82) is 0 Å². The van der Waals surface area contributed by atoms with Crippen molar-refractivity contribution in [3.05, 3.63) is 103 Å². The van der Waals surface area contributed by atoms with Gasteiger partial charge in [0, 0.05) is 31.2 Å². The zero-order chi connectivity index (χ0) is 22.8. The lowest BCUT2D eigenvalue weighted by Crippen LogP contribution is -1.87. The van der Waals surface area contributed by atoms with Gasteiger partial charge in [0.25, 0.3) is 0 Å². The molecule has 3 aromatic carbocycles. The Morgan fingerprint density at radius 3 is 1.28 bits per heavy atom. The summed E-state index contributed by atoms with van der Waals surface area (Å²) in [4.78, 5) is 0. The molecule has 0 saturated heterocycles. The Hall–Kier alpha value is -2.26. The summed E-state index contributed by atoms with van der Waals surface area (Å²) < 4.78 is 1.90. The van der Waals surface area contributed by atoms with Gasteiger partial charge < -0.3 is 0 Å². The Balaban J connectivity index is 1.72. The Kier molecular flexibility index (Phi) is 9.67. The molecule has 162 valence electrons. The molecule has 0 atom stereocenters. The van der Waals surface area contributed by atoms with Gasteiger partial charge in [-0.2, -0.15) is 0 Å². The third-order valence-corrected chi connectivity index (χ3v) is 6.60. The summed E-state index contributed by atoms with van der Waals surface area (Å²) in [6.45, 7) is 4.44. The monoisotopic (exact) mass is 546 g/mol. The summed E-state index contributed by atoms with van der Waals surface area (Å²) in [6, 6.07) is 21.2. The normalized spacial score (nSPS) is 10.1. The number of rotatable bonds is 6. The van der Waals surface area contributed by atoms with Gasteiger partial charge in [-0.05, 0) is 105 Å². The van der Waals surface area contributed by atoms with Gasteiger partial charge in [-0.25, -0.2) is 0 Å². The van der Waals surface area contributed by atoms with E-state index in [-0.39, 0.29) is 0 Å². The molecule has 0 aliphatic heterocycles. The molecule has 0 N–H and O–H groups in total. The molecule has 32 heavy (non-hydrogen) atoms. The number of halogens is 2. The van der Waals surface area contributed by atoms with E-state index in [0.29, 0.717) is 0 Å². The van der Waals surface area contributed by atoms with Crippen molar-refractivity contribution in [3.63, 3.8) is 0 Å². The van der Waals surface area contributed by atoms with Crippen LogP contribution in [0, 0.1) is 23.7 Å². The van der Waals surface area contributed by atoms with E-state index in [0.717, 1.165) is 44.0 Å². The molecule has 0 bridgehead atoms. The minimum absolute atomic E-state index is 0.942. The van der Waals surface area contributed by atoms with Crippen LogP contribution in [0.3, 0.4) is 0 Å². The maximum absolute atomic E-state index is 3.66. The fourth-order valence-corrected chi connectivity index (χ4v) is 4.17. The van der Waals surface area contributed by atoms with E-state index in [1.54, 1.807) is 0 Å². The predicted octanol–water partition coefficient (Wildman–Crippen LogP) is 8.70. The molecule has 0 heterocycles. The number of benzene rings is 3. The molecule has 0 saturated carbocycles. The molecule has 2 heteroatoms. The van der Waals surface area contributed by atoms with E-state index in [9.17, 15) is 0 Å². The standard InChI is InChI=1S/C30H28Br2/c1-3-5-7-23-9-13-25(14-10-23)17-19-27-21-30(32)28(22-29(27)31)20-18-26-15-11-24(12-16-26)8-6-4-2/h9-16,21-22H,3-8H2,1-2H3.